The maximum absolute atomic E-state index is 11.0. The lowest BCUT2D eigenvalue weighted by atomic mass is 10.2. The lowest BCUT2D eigenvalue weighted by Crippen LogP contribution is -2.01. The van der Waals surface area contributed by atoms with Crippen LogP contribution in [0.2, 0.25) is 0 Å². The molecule has 0 heterocycles. The molecule has 0 saturated heterocycles. The fourth-order valence-electron chi connectivity index (χ4n) is 2.76. The van der Waals surface area contributed by atoms with Gasteiger partial charge in [0.2, 0.25) is 0 Å². The Morgan fingerprint density at radius 3 is 2.21 bits per heavy atom. The third-order valence-corrected chi connectivity index (χ3v) is 4.83. The predicted octanol–water partition coefficient (Wildman–Crippen LogP) is 5.44. The Kier molecular flexibility index (Phi) is 7.14. The van der Waals surface area contributed by atoms with Crippen LogP contribution in [0.3, 0.4) is 0 Å². The maximum Gasteiger partial charge on any atom is 0.175 e. The first-order chi connectivity index (χ1) is 14.1. The van der Waals surface area contributed by atoms with E-state index in [2.05, 4.69) is 15.9 Å². The van der Waals surface area contributed by atoms with Crippen LogP contribution >= 0.6 is 15.9 Å². The fraction of sp³-hybridized carbons (Fsp3) is 0.174. The van der Waals surface area contributed by atoms with Crippen molar-refractivity contribution in [3.8, 4) is 23.0 Å². The van der Waals surface area contributed by atoms with Gasteiger partial charge in [-0.25, -0.2) is 0 Å². The molecule has 0 saturated carbocycles. The van der Waals surface area contributed by atoms with Crippen LogP contribution in [-0.4, -0.2) is 20.5 Å². The second-order valence-electron chi connectivity index (χ2n) is 6.20. The SMILES string of the molecule is COc1cc(COc2c(Br)cc(C=O)cc2OC)ccc1OCc1ccccc1. The van der Waals surface area contributed by atoms with E-state index >= 15 is 0 Å². The number of halogens is 1. The van der Waals surface area contributed by atoms with Gasteiger partial charge in [-0.2, -0.15) is 0 Å². The van der Waals surface area contributed by atoms with Crippen LogP contribution in [0.15, 0.2) is 65.1 Å². The molecule has 0 amide bonds. The molecule has 0 fully saturated rings. The highest BCUT2D eigenvalue weighted by Crippen LogP contribution is 2.37. The Morgan fingerprint density at radius 2 is 1.52 bits per heavy atom. The van der Waals surface area contributed by atoms with Gasteiger partial charge in [-0.05, 0) is 51.3 Å². The van der Waals surface area contributed by atoms with Crippen LogP contribution in [0.4, 0.5) is 0 Å². The van der Waals surface area contributed by atoms with Crippen LogP contribution in [0.1, 0.15) is 21.5 Å². The van der Waals surface area contributed by atoms with Crippen LogP contribution in [-0.2, 0) is 13.2 Å². The summed E-state index contributed by atoms with van der Waals surface area (Å²) < 4.78 is 23.3. The summed E-state index contributed by atoms with van der Waals surface area (Å²) >= 11 is 3.43. The summed E-state index contributed by atoms with van der Waals surface area (Å²) in [5, 5.41) is 0. The van der Waals surface area contributed by atoms with Crippen LogP contribution < -0.4 is 18.9 Å². The predicted molar refractivity (Wildman–Crippen MR) is 114 cm³/mol. The minimum atomic E-state index is 0.296. The van der Waals surface area contributed by atoms with E-state index in [9.17, 15) is 4.79 Å². The van der Waals surface area contributed by atoms with Gasteiger partial charge in [-0.1, -0.05) is 36.4 Å². The highest BCUT2D eigenvalue weighted by atomic mass is 79.9. The van der Waals surface area contributed by atoms with E-state index in [0.717, 1.165) is 17.4 Å². The van der Waals surface area contributed by atoms with Gasteiger partial charge in [0.15, 0.2) is 23.0 Å². The van der Waals surface area contributed by atoms with Gasteiger partial charge in [0, 0.05) is 5.56 Å². The summed E-state index contributed by atoms with van der Waals surface area (Å²) in [6.45, 7) is 0.755. The van der Waals surface area contributed by atoms with Crippen molar-refractivity contribution in [1.82, 2.24) is 0 Å². The van der Waals surface area contributed by atoms with Crippen LogP contribution in [0.5, 0.6) is 23.0 Å². The third-order valence-electron chi connectivity index (χ3n) is 4.24. The van der Waals surface area contributed by atoms with Gasteiger partial charge < -0.3 is 18.9 Å². The Bertz CT molecular complexity index is 973. The zero-order valence-electron chi connectivity index (χ0n) is 16.2. The molecule has 0 bridgehead atoms. The van der Waals surface area contributed by atoms with E-state index in [4.69, 9.17) is 18.9 Å². The van der Waals surface area contributed by atoms with Crippen molar-refractivity contribution in [3.05, 3.63) is 81.8 Å². The first kappa shape index (κ1) is 20.7. The van der Waals surface area contributed by atoms with Gasteiger partial charge in [0.05, 0.1) is 18.7 Å². The second-order valence-corrected chi connectivity index (χ2v) is 7.05. The summed E-state index contributed by atoms with van der Waals surface area (Å²) in [4.78, 5) is 11.0. The number of hydrogen-bond donors (Lipinski definition) is 0. The van der Waals surface area contributed by atoms with Crippen molar-refractivity contribution < 1.29 is 23.7 Å². The topological polar surface area (TPSA) is 54.0 Å². The molecular weight excluding hydrogens is 436 g/mol. The van der Waals surface area contributed by atoms with E-state index in [1.54, 1.807) is 19.2 Å². The monoisotopic (exact) mass is 456 g/mol. The summed E-state index contributed by atoms with van der Waals surface area (Å²) in [5.74, 6) is 2.30. The average molecular weight is 457 g/mol. The fourth-order valence-corrected chi connectivity index (χ4v) is 3.33. The number of carbonyl (C=O) groups excluding carboxylic acids is 1. The first-order valence-corrected chi connectivity index (χ1v) is 9.73. The molecule has 6 heteroatoms. The molecule has 150 valence electrons. The zero-order chi connectivity index (χ0) is 20.6. The summed E-state index contributed by atoms with van der Waals surface area (Å²) in [7, 11) is 3.14. The number of rotatable bonds is 9. The molecule has 0 aliphatic heterocycles. The van der Waals surface area contributed by atoms with Gasteiger partial charge in [-0.3, -0.25) is 4.79 Å². The minimum absolute atomic E-state index is 0.296. The van der Waals surface area contributed by atoms with Gasteiger partial charge >= 0.3 is 0 Å². The lowest BCUT2D eigenvalue weighted by molar-refractivity contribution is 0.112. The largest absolute Gasteiger partial charge is 0.493 e. The Balaban J connectivity index is 1.71. The number of aldehydes is 1. The van der Waals surface area contributed by atoms with Gasteiger partial charge in [-0.15, -0.1) is 0 Å². The molecule has 0 unspecified atom stereocenters. The molecule has 0 atom stereocenters. The minimum Gasteiger partial charge on any atom is -0.493 e. The Morgan fingerprint density at radius 1 is 0.793 bits per heavy atom. The van der Waals surface area contributed by atoms with Crippen molar-refractivity contribution in [2.45, 2.75) is 13.2 Å². The standard InChI is InChI=1S/C23H21BrO5/c1-26-21-11-17(8-9-20(21)28-14-16-6-4-3-5-7-16)15-29-23-19(24)10-18(13-25)12-22(23)27-2/h3-13H,14-15H2,1-2H3. The van der Waals surface area contributed by atoms with Crippen molar-refractivity contribution in [2.24, 2.45) is 0 Å². The first-order valence-electron chi connectivity index (χ1n) is 8.93. The van der Waals surface area contributed by atoms with E-state index in [1.165, 1.54) is 7.11 Å². The molecule has 3 aromatic rings. The summed E-state index contributed by atoms with van der Waals surface area (Å²) in [6.07, 6.45) is 0.760. The zero-order valence-corrected chi connectivity index (χ0v) is 17.8. The molecule has 0 spiro atoms. The van der Waals surface area contributed by atoms with Crippen molar-refractivity contribution >= 4 is 22.2 Å². The number of carbonyl (C=O) groups is 1. The normalized spacial score (nSPS) is 10.3. The van der Waals surface area contributed by atoms with Crippen molar-refractivity contribution in [2.75, 3.05) is 14.2 Å². The maximum atomic E-state index is 11.0. The average Bonchev–Trinajstić information content (AvgIpc) is 2.77. The van der Waals surface area contributed by atoms with Gasteiger partial charge in [0.1, 0.15) is 19.5 Å². The Hall–Kier alpha value is -2.99. The third kappa shape index (κ3) is 5.29. The highest BCUT2D eigenvalue weighted by molar-refractivity contribution is 9.10. The molecule has 3 aromatic carbocycles. The van der Waals surface area contributed by atoms with Gasteiger partial charge in [0.25, 0.3) is 0 Å². The molecule has 5 nitrogen and oxygen atoms in total. The molecule has 0 radical (unpaired) electrons. The van der Waals surface area contributed by atoms with Crippen molar-refractivity contribution in [3.63, 3.8) is 0 Å². The number of ether oxygens (including phenoxy) is 4. The number of hydrogen-bond acceptors (Lipinski definition) is 5. The molecule has 0 aliphatic rings. The van der Waals surface area contributed by atoms with Crippen molar-refractivity contribution in [1.29, 1.82) is 0 Å². The smallest absolute Gasteiger partial charge is 0.175 e. The summed E-state index contributed by atoms with van der Waals surface area (Å²) in [5.41, 5.74) is 2.49. The van der Waals surface area contributed by atoms with E-state index < -0.39 is 0 Å². The Labute approximate surface area is 178 Å². The van der Waals surface area contributed by atoms with Crippen LogP contribution in [0, 0.1) is 0 Å². The molecular formula is C23H21BrO5. The van der Waals surface area contributed by atoms with Crippen LogP contribution in [0.25, 0.3) is 0 Å². The molecule has 0 aliphatic carbocycles. The van der Waals surface area contributed by atoms with E-state index in [-0.39, 0.29) is 0 Å². The molecule has 0 aromatic heterocycles. The number of methoxy groups -OCH3 is 2. The second kappa shape index (κ2) is 9.98. The molecule has 29 heavy (non-hydrogen) atoms. The highest BCUT2D eigenvalue weighted by Gasteiger charge is 2.13. The van der Waals surface area contributed by atoms with E-state index in [1.807, 2.05) is 48.5 Å². The quantitative estimate of drug-likeness (QED) is 0.401. The number of benzene rings is 3. The lowest BCUT2D eigenvalue weighted by Gasteiger charge is -2.15. The molecule has 3 rings (SSSR count). The summed E-state index contributed by atoms with van der Waals surface area (Å²) in [6, 6.07) is 18.9. The van der Waals surface area contributed by atoms with E-state index in [0.29, 0.717) is 46.2 Å². The molecule has 0 N–H and O–H groups in total.